The molecule has 0 aliphatic carbocycles. The van der Waals surface area contributed by atoms with E-state index < -0.39 is 11.9 Å². The monoisotopic (exact) mass is 309 g/mol. The lowest BCUT2D eigenvalue weighted by Crippen LogP contribution is -2.57. The highest BCUT2D eigenvalue weighted by molar-refractivity contribution is 6.43. The highest BCUT2D eigenvalue weighted by Gasteiger charge is 2.30. The van der Waals surface area contributed by atoms with Gasteiger partial charge in [0.15, 0.2) is 0 Å². The first-order valence-corrected chi connectivity index (χ1v) is 7.10. The quantitative estimate of drug-likeness (QED) is 0.896. The second kappa shape index (κ2) is 6.27. The van der Waals surface area contributed by atoms with Gasteiger partial charge in [0.1, 0.15) is 6.04 Å². The molecule has 116 valence electrons. The molecule has 0 saturated heterocycles. The molecule has 1 atom stereocenters. The first kappa shape index (κ1) is 14.7. The van der Waals surface area contributed by atoms with Crippen LogP contribution in [0.25, 0.3) is 0 Å². The molecule has 23 heavy (non-hydrogen) atoms. The van der Waals surface area contributed by atoms with E-state index in [1.54, 1.807) is 43.6 Å². The zero-order chi connectivity index (χ0) is 16.2. The van der Waals surface area contributed by atoms with Crippen LogP contribution >= 0.6 is 0 Å². The summed E-state index contributed by atoms with van der Waals surface area (Å²) in [6.07, 6.45) is 3.16. The Bertz CT molecular complexity index is 746. The van der Waals surface area contributed by atoms with Crippen molar-refractivity contribution in [1.82, 2.24) is 10.4 Å². The summed E-state index contributed by atoms with van der Waals surface area (Å²) in [6, 6.07) is 11.7. The average molecular weight is 309 g/mol. The van der Waals surface area contributed by atoms with E-state index in [0.717, 1.165) is 0 Å². The van der Waals surface area contributed by atoms with Gasteiger partial charge in [-0.15, -0.1) is 0 Å². The number of benzene rings is 1. The molecule has 0 bridgehead atoms. The number of pyridine rings is 1. The summed E-state index contributed by atoms with van der Waals surface area (Å²) < 4.78 is 0. The number of hydrogen-bond donors (Lipinski definition) is 2. The van der Waals surface area contributed by atoms with Crippen molar-refractivity contribution >= 4 is 29.0 Å². The van der Waals surface area contributed by atoms with E-state index in [0.29, 0.717) is 11.4 Å². The number of carbonyl (C=O) groups is 2. The molecule has 7 heteroatoms. The van der Waals surface area contributed by atoms with Crippen LogP contribution in [-0.4, -0.2) is 28.7 Å². The fraction of sp³-hybridized carbons (Fsp3) is 0.125. The van der Waals surface area contributed by atoms with Gasteiger partial charge in [-0.25, -0.2) is 10.0 Å². The highest BCUT2D eigenvalue weighted by Crippen LogP contribution is 2.16. The highest BCUT2D eigenvalue weighted by atomic mass is 16.2. The van der Waals surface area contributed by atoms with Gasteiger partial charge in [0, 0.05) is 18.1 Å². The minimum absolute atomic E-state index is 0.0813. The lowest BCUT2D eigenvalue weighted by Gasteiger charge is -2.30. The molecule has 2 amide bonds. The molecular weight excluding hydrogens is 294 g/mol. The molecular formula is C16H15N5O2. The number of amidine groups is 1. The predicted molar refractivity (Wildman–Crippen MR) is 86.8 cm³/mol. The van der Waals surface area contributed by atoms with Crippen LogP contribution in [0.3, 0.4) is 0 Å². The number of hydrazine groups is 1. The van der Waals surface area contributed by atoms with E-state index in [-0.39, 0.29) is 11.7 Å². The zero-order valence-electron chi connectivity index (χ0n) is 12.4. The lowest BCUT2D eigenvalue weighted by molar-refractivity contribution is -0.120. The van der Waals surface area contributed by atoms with Crippen molar-refractivity contribution in [3.63, 3.8) is 0 Å². The number of hydrogen-bond acceptors (Lipinski definition) is 5. The maximum Gasteiger partial charge on any atom is 0.292 e. The van der Waals surface area contributed by atoms with Crippen molar-refractivity contribution in [2.24, 2.45) is 4.99 Å². The van der Waals surface area contributed by atoms with Gasteiger partial charge in [-0.3, -0.25) is 20.0 Å². The molecule has 0 saturated carbocycles. The topological polar surface area (TPSA) is 86.7 Å². The van der Waals surface area contributed by atoms with Crippen molar-refractivity contribution in [3.05, 3.63) is 54.9 Å². The van der Waals surface area contributed by atoms with Crippen LogP contribution in [0, 0.1) is 0 Å². The van der Waals surface area contributed by atoms with Gasteiger partial charge in [0.05, 0.1) is 5.69 Å². The normalized spacial score (nSPS) is 17.3. The van der Waals surface area contributed by atoms with Crippen LogP contribution in [0.4, 0.5) is 11.4 Å². The van der Waals surface area contributed by atoms with Gasteiger partial charge in [-0.1, -0.05) is 18.2 Å². The van der Waals surface area contributed by atoms with Crippen molar-refractivity contribution < 1.29 is 9.59 Å². The molecule has 2 N–H and O–H groups in total. The Labute approximate surface area is 133 Å². The van der Waals surface area contributed by atoms with E-state index in [9.17, 15) is 9.59 Å². The summed E-state index contributed by atoms with van der Waals surface area (Å²) in [7, 11) is 0. The fourth-order valence-corrected chi connectivity index (χ4v) is 2.13. The minimum Gasteiger partial charge on any atom is -0.319 e. The predicted octanol–water partition coefficient (Wildman–Crippen LogP) is 1.36. The molecule has 0 fully saturated rings. The third-order valence-corrected chi connectivity index (χ3v) is 3.29. The second-order valence-corrected chi connectivity index (χ2v) is 4.96. The lowest BCUT2D eigenvalue weighted by atomic mass is 10.2. The van der Waals surface area contributed by atoms with E-state index in [1.807, 2.05) is 18.2 Å². The maximum absolute atomic E-state index is 12.3. The Morgan fingerprint density at radius 2 is 1.87 bits per heavy atom. The summed E-state index contributed by atoms with van der Waals surface area (Å²) in [5.41, 5.74) is 4.02. The average Bonchev–Trinajstić information content (AvgIpc) is 2.59. The standard InChI is InChI=1S/C16H15N5O2/c1-11-16(23)21(13-5-3-2-4-6-13)20-14(18-11)15(22)19-12-7-9-17-10-8-12/h2-11H,1H3,(H,18,20)(H,17,19,22). The number of carbonyl (C=O) groups excluding carboxylic acids is 2. The van der Waals surface area contributed by atoms with E-state index in [2.05, 4.69) is 20.7 Å². The Balaban J connectivity index is 1.81. The number of para-hydroxylation sites is 1. The molecule has 1 aliphatic heterocycles. The number of nitrogens with zero attached hydrogens (tertiary/aromatic N) is 3. The van der Waals surface area contributed by atoms with Crippen molar-refractivity contribution in [2.75, 3.05) is 10.3 Å². The van der Waals surface area contributed by atoms with Gasteiger partial charge in [-0.05, 0) is 31.2 Å². The van der Waals surface area contributed by atoms with E-state index in [4.69, 9.17) is 0 Å². The van der Waals surface area contributed by atoms with Gasteiger partial charge >= 0.3 is 0 Å². The number of anilines is 2. The largest absolute Gasteiger partial charge is 0.319 e. The minimum atomic E-state index is -0.644. The molecule has 0 spiro atoms. The summed E-state index contributed by atoms with van der Waals surface area (Å²) in [5, 5.41) is 4.04. The van der Waals surface area contributed by atoms with Gasteiger partial charge in [-0.2, -0.15) is 0 Å². The Kier molecular flexibility index (Phi) is 4.01. The fourth-order valence-electron chi connectivity index (χ4n) is 2.13. The number of rotatable bonds is 3. The third kappa shape index (κ3) is 3.18. The van der Waals surface area contributed by atoms with Crippen LogP contribution in [0.1, 0.15) is 6.92 Å². The van der Waals surface area contributed by atoms with Crippen LogP contribution in [0.15, 0.2) is 59.9 Å². The van der Waals surface area contributed by atoms with Gasteiger partial charge in [0.25, 0.3) is 11.8 Å². The number of nitrogens with one attached hydrogen (secondary N) is 2. The second-order valence-electron chi connectivity index (χ2n) is 4.96. The van der Waals surface area contributed by atoms with Crippen LogP contribution < -0.4 is 15.8 Å². The smallest absolute Gasteiger partial charge is 0.292 e. The molecule has 3 rings (SSSR count). The molecule has 1 unspecified atom stereocenters. The van der Waals surface area contributed by atoms with Crippen LogP contribution in [-0.2, 0) is 9.59 Å². The van der Waals surface area contributed by atoms with Gasteiger partial charge < -0.3 is 5.32 Å². The Morgan fingerprint density at radius 3 is 2.57 bits per heavy atom. The first-order chi connectivity index (χ1) is 11.1. The molecule has 2 aromatic rings. The van der Waals surface area contributed by atoms with Crippen molar-refractivity contribution in [1.29, 1.82) is 0 Å². The van der Waals surface area contributed by atoms with Crippen molar-refractivity contribution in [2.45, 2.75) is 13.0 Å². The van der Waals surface area contributed by atoms with E-state index >= 15 is 0 Å². The molecule has 7 nitrogen and oxygen atoms in total. The number of aromatic nitrogens is 1. The molecule has 1 aromatic heterocycles. The van der Waals surface area contributed by atoms with Crippen LogP contribution in [0.5, 0.6) is 0 Å². The summed E-state index contributed by atoms with van der Waals surface area (Å²) in [6.45, 7) is 1.65. The maximum atomic E-state index is 12.3. The molecule has 0 radical (unpaired) electrons. The van der Waals surface area contributed by atoms with Crippen LogP contribution in [0.2, 0.25) is 0 Å². The summed E-state index contributed by atoms with van der Waals surface area (Å²) >= 11 is 0. The number of amides is 2. The SMILES string of the molecule is CC1N=C(C(=O)Nc2ccncc2)NN(c2ccccc2)C1=O. The first-order valence-electron chi connectivity index (χ1n) is 7.10. The Hall–Kier alpha value is -3.22. The zero-order valence-corrected chi connectivity index (χ0v) is 12.4. The summed E-state index contributed by atoms with van der Waals surface area (Å²) in [5.74, 6) is -0.564. The number of aliphatic imine (C=N–C) groups is 1. The van der Waals surface area contributed by atoms with Crippen molar-refractivity contribution in [3.8, 4) is 0 Å². The van der Waals surface area contributed by atoms with E-state index in [1.165, 1.54) is 5.01 Å². The van der Waals surface area contributed by atoms with Gasteiger partial charge in [0.2, 0.25) is 5.84 Å². The molecule has 2 heterocycles. The third-order valence-electron chi connectivity index (χ3n) is 3.29. The molecule has 1 aromatic carbocycles. The molecule has 1 aliphatic rings. The Morgan fingerprint density at radius 1 is 1.17 bits per heavy atom. The summed E-state index contributed by atoms with van der Waals surface area (Å²) in [4.78, 5) is 32.6.